The Labute approximate surface area is 167 Å². The van der Waals surface area contributed by atoms with Gasteiger partial charge in [-0.3, -0.25) is 14.2 Å². The molecule has 5 heteroatoms. The lowest BCUT2D eigenvalue weighted by Gasteiger charge is -2.12. The van der Waals surface area contributed by atoms with Crippen LogP contribution in [0.3, 0.4) is 0 Å². The van der Waals surface area contributed by atoms with Crippen LogP contribution in [0.2, 0.25) is 0 Å². The summed E-state index contributed by atoms with van der Waals surface area (Å²) in [5, 5.41) is 0.536. The summed E-state index contributed by atoms with van der Waals surface area (Å²) in [7, 11) is 1.75. The Morgan fingerprint density at radius 1 is 0.828 bits per heavy atom. The number of amides is 1. The van der Waals surface area contributed by atoms with Crippen molar-refractivity contribution < 1.29 is 4.79 Å². The van der Waals surface area contributed by atoms with Crippen LogP contribution in [0.1, 0.15) is 11.4 Å². The van der Waals surface area contributed by atoms with Crippen LogP contribution >= 0.6 is 0 Å². The van der Waals surface area contributed by atoms with Crippen LogP contribution in [0.25, 0.3) is 28.2 Å². The molecule has 1 aliphatic rings. The van der Waals surface area contributed by atoms with E-state index in [-0.39, 0.29) is 11.5 Å². The molecule has 0 aliphatic carbocycles. The monoisotopic (exact) mass is 379 g/mol. The van der Waals surface area contributed by atoms with Gasteiger partial charge < -0.3 is 4.90 Å². The summed E-state index contributed by atoms with van der Waals surface area (Å²) < 4.78 is 1.56. The van der Waals surface area contributed by atoms with Gasteiger partial charge in [-0.1, -0.05) is 48.5 Å². The SMILES string of the molecule is CN1C(=O)/C(=C\c2nc3ccccc3c(=O)n2-c2ccccc2)c2ccccc21. The zero-order valence-corrected chi connectivity index (χ0v) is 15.7. The summed E-state index contributed by atoms with van der Waals surface area (Å²) in [5.41, 5.74) is 3.34. The number of para-hydroxylation sites is 3. The predicted octanol–water partition coefficient (Wildman–Crippen LogP) is 3.90. The van der Waals surface area contributed by atoms with Crippen molar-refractivity contribution in [3.63, 3.8) is 0 Å². The Hall–Kier alpha value is -3.99. The maximum Gasteiger partial charge on any atom is 0.266 e. The van der Waals surface area contributed by atoms with Crippen LogP contribution in [0.4, 0.5) is 5.69 Å². The third-order valence-corrected chi connectivity index (χ3v) is 5.18. The molecule has 0 spiro atoms. The van der Waals surface area contributed by atoms with Gasteiger partial charge in [0, 0.05) is 12.6 Å². The van der Waals surface area contributed by atoms with Gasteiger partial charge in [-0.25, -0.2) is 4.98 Å². The van der Waals surface area contributed by atoms with E-state index < -0.39 is 0 Å². The van der Waals surface area contributed by atoms with Gasteiger partial charge in [-0.05, 0) is 36.4 Å². The average Bonchev–Trinajstić information content (AvgIpc) is 3.00. The number of likely N-dealkylation sites (N-methyl/N-ethyl adjacent to an activating group) is 1. The molecule has 0 fully saturated rings. The molecule has 2 heterocycles. The van der Waals surface area contributed by atoms with Crippen molar-refractivity contribution in [2.75, 3.05) is 11.9 Å². The maximum absolute atomic E-state index is 13.3. The molecule has 5 rings (SSSR count). The maximum atomic E-state index is 13.3. The Bertz CT molecular complexity index is 1350. The fraction of sp³-hybridized carbons (Fsp3) is 0.0417. The normalized spacial score (nSPS) is 14.6. The van der Waals surface area contributed by atoms with Crippen molar-refractivity contribution in [2.45, 2.75) is 0 Å². The highest BCUT2D eigenvalue weighted by Gasteiger charge is 2.29. The number of rotatable bonds is 2. The topological polar surface area (TPSA) is 55.2 Å². The molecule has 0 saturated carbocycles. The first-order valence-corrected chi connectivity index (χ1v) is 9.31. The molecule has 0 N–H and O–H groups in total. The minimum Gasteiger partial charge on any atom is -0.311 e. The van der Waals surface area contributed by atoms with Crippen molar-refractivity contribution in [1.29, 1.82) is 0 Å². The molecule has 1 amide bonds. The summed E-state index contributed by atoms with van der Waals surface area (Å²) in [6.07, 6.45) is 1.71. The van der Waals surface area contributed by atoms with E-state index in [0.29, 0.717) is 28.0 Å². The first-order chi connectivity index (χ1) is 14.1. The Morgan fingerprint density at radius 3 is 2.34 bits per heavy atom. The third-order valence-electron chi connectivity index (χ3n) is 5.18. The predicted molar refractivity (Wildman–Crippen MR) is 115 cm³/mol. The first kappa shape index (κ1) is 17.1. The Morgan fingerprint density at radius 2 is 1.52 bits per heavy atom. The van der Waals surface area contributed by atoms with Gasteiger partial charge in [0.15, 0.2) is 0 Å². The van der Waals surface area contributed by atoms with E-state index in [2.05, 4.69) is 0 Å². The van der Waals surface area contributed by atoms with Gasteiger partial charge in [0.25, 0.3) is 11.5 Å². The van der Waals surface area contributed by atoms with Crippen molar-refractivity contribution in [3.8, 4) is 5.69 Å². The molecule has 0 bridgehead atoms. The molecule has 0 atom stereocenters. The Balaban J connectivity index is 1.83. The molecular weight excluding hydrogens is 362 g/mol. The number of fused-ring (bicyclic) bond motifs is 2. The highest BCUT2D eigenvalue weighted by atomic mass is 16.2. The summed E-state index contributed by atoms with van der Waals surface area (Å²) in [4.78, 5) is 32.6. The number of benzene rings is 3. The van der Waals surface area contributed by atoms with E-state index in [1.165, 1.54) is 0 Å². The van der Waals surface area contributed by atoms with Crippen molar-refractivity contribution in [1.82, 2.24) is 9.55 Å². The van der Waals surface area contributed by atoms with E-state index in [0.717, 1.165) is 11.3 Å². The zero-order chi connectivity index (χ0) is 20.0. The lowest BCUT2D eigenvalue weighted by atomic mass is 10.1. The van der Waals surface area contributed by atoms with E-state index in [1.54, 1.807) is 28.7 Å². The van der Waals surface area contributed by atoms with Crippen molar-refractivity contribution in [2.24, 2.45) is 0 Å². The average molecular weight is 379 g/mol. The molecule has 0 unspecified atom stereocenters. The molecular formula is C24H17N3O2. The number of anilines is 1. The van der Waals surface area contributed by atoms with Gasteiger partial charge in [0.1, 0.15) is 5.82 Å². The van der Waals surface area contributed by atoms with E-state index in [4.69, 9.17) is 4.98 Å². The quantitative estimate of drug-likeness (QED) is 0.496. The van der Waals surface area contributed by atoms with Crippen LogP contribution in [0.5, 0.6) is 0 Å². The number of aromatic nitrogens is 2. The van der Waals surface area contributed by atoms with Gasteiger partial charge in [-0.15, -0.1) is 0 Å². The van der Waals surface area contributed by atoms with E-state index in [1.807, 2.05) is 72.8 Å². The fourth-order valence-electron chi connectivity index (χ4n) is 3.74. The van der Waals surface area contributed by atoms with Crippen LogP contribution in [-0.2, 0) is 4.79 Å². The van der Waals surface area contributed by atoms with Crippen LogP contribution in [0.15, 0.2) is 83.7 Å². The molecule has 3 aromatic carbocycles. The van der Waals surface area contributed by atoms with Gasteiger partial charge in [-0.2, -0.15) is 0 Å². The van der Waals surface area contributed by atoms with Gasteiger partial charge >= 0.3 is 0 Å². The second-order valence-electron chi connectivity index (χ2n) is 6.90. The second kappa shape index (κ2) is 6.56. The fourth-order valence-corrected chi connectivity index (χ4v) is 3.74. The summed E-state index contributed by atoms with van der Waals surface area (Å²) in [5.74, 6) is 0.307. The number of nitrogens with zero attached hydrogens (tertiary/aromatic N) is 3. The number of carbonyl (C=O) groups is 1. The van der Waals surface area contributed by atoms with Gasteiger partial charge in [0.05, 0.1) is 27.9 Å². The van der Waals surface area contributed by atoms with Crippen molar-refractivity contribution >= 4 is 34.1 Å². The molecule has 1 aromatic heterocycles. The zero-order valence-electron chi connectivity index (χ0n) is 15.7. The van der Waals surface area contributed by atoms with Crippen LogP contribution in [-0.4, -0.2) is 22.5 Å². The van der Waals surface area contributed by atoms with E-state index >= 15 is 0 Å². The largest absolute Gasteiger partial charge is 0.311 e. The lowest BCUT2D eigenvalue weighted by Crippen LogP contribution is -2.23. The molecule has 0 saturated heterocycles. The minimum absolute atomic E-state index is 0.117. The van der Waals surface area contributed by atoms with Gasteiger partial charge in [0.2, 0.25) is 0 Å². The third kappa shape index (κ3) is 2.67. The lowest BCUT2D eigenvalue weighted by molar-refractivity contribution is -0.112. The summed E-state index contributed by atoms with van der Waals surface area (Å²) >= 11 is 0. The molecule has 29 heavy (non-hydrogen) atoms. The number of hydrogen-bond acceptors (Lipinski definition) is 3. The van der Waals surface area contributed by atoms with E-state index in [9.17, 15) is 9.59 Å². The summed E-state index contributed by atoms with van der Waals surface area (Å²) in [6.45, 7) is 0. The first-order valence-electron chi connectivity index (χ1n) is 9.31. The molecule has 0 radical (unpaired) electrons. The van der Waals surface area contributed by atoms with Crippen LogP contribution < -0.4 is 10.5 Å². The molecule has 1 aliphatic heterocycles. The van der Waals surface area contributed by atoms with Crippen LogP contribution in [0, 0.1) is 0 Å². The smallest absolute Gasteiger partial charge is 0.266 e. The number of carbonyl (C=O) groups excluding carboxylic acids is 1. The molecule has 140 valence electrons. The molecule has 4 aromatic rings. The highest BCUT2D eigenvalue weighted by Crippen LogP contribution is 2.36. The number of hydrogen-bond donors (Lipinski definition) is 0. The Kier molecular flexibility index (Phi) is 3.88. The second-order valence-corrected chi connectivity index (χ2v) is 6.90. The molecule has 5 nitrogen and oxygen atoms in total. The highest BCUT2D eigenvalue weighted by molar-refractivity contribution is 6.35. The summed E-state index contributed by atoms with van der Waals surface area (Å²) in [6, 6.07) is 24.2. The standard InChI is InChI=1S/C24H17N3O2/c1-26-21-14-8-6-11-17(21)19(23(26)28)15-22-25-20-13-7-5-12-18(20)24(29)27(22)16-9-3-2-4-10-16/h2-15H,1H3/b19-15-. The van der Waals surface area contributed by atoms with Crippen molar-refractivity contribution in [3.05, 3.63) is 101 Å². The minimum atomic E-state index is -0.166.